The molecule has 26 heavy (non-hydrogen) atoms. The van der Waals surface area contributed by atoms with Crippen LogP contribution >= 0.6 is 11.6 Å². The van der Waals surface area contributed by atoms with E-state index in [9.17, 15) is 19.1 Å². The number of aromatic nitrogens is 1. The van der Waals surface area contributed by atoms with Gasteiger partial charge in [0.05, 0.1) is 16.5 Å². The van der Waals surface area contributed by atoms with Gasteiger partial charge in [0.25, 0.3) is 5.91 Å². The smallest absolute Gasteiger partial charge is 0.308 e. The summed E-state index contributed by atoms with van der Waals surface area (Å²) in [5.74, 6) is -2.35. The maximum absolute atomic E-state index is 14.3. The molecule has 2 heterocycles. The fraction of sp³-hybridized carbons (Fsp3) is 0.389. The van der Waals surface area contributed by atoms with Gasteiger partial charge in [0.1, 0.15) is 22.8 Å². The molecule has 0 radical (unpaired) electrons. The van der Waals surface area contributed by atoms with Crippen molar-refractivity contribution >= 4 is 23.5 Å². The normalized spacial score (nSPS) is 20.2. The third-order valence-corrected chi connectivity index (χ3v) is 4.89. The summed E-state index contributed by atoms with van der Waals surface area (Å²) in [6.07, 6.45) is 0.508. The SMILES string of the molecule is Cc1onc(-c2c(F)cccc2Cl)c1C(=O)N1CC(C)CC(C(=O)O)C1. The maximum atomic E-state index is 14.3. The van der Waals surface area contributed by atoms with E-state index in [4.69, 9.17) is 16.1 Å². The summed E-state index contributed by atoms with van der Waals surface area (Å²) in [5, 5.41) is 13.3. The summed E-state index contributed by atoms with van der Waals surface area (Å²) in [6.45, 7) is 3.95. The number of benzene rings is 1. The summed E-state index contributed by atoms with van der Waals surface area (Å²) >= 11 is 6.10. The minimum Gasteiger partial charge on any atom is -0.481 e. The fourth-order valence-corrected chi connectivity index (χ4v) is 3.63. The van der Waals surface area contributed by atoms with Crippen molar-refractivity contribution in [1.29, 1.82) is 0 Å². The Morgan fingerprint density at radius 3 is 2.77 bits per heavy atom. The molecule has 1 fully saturated rings. The Hall–Kier alpha value is -2.41. The van der Waals surface area contributed by atoms with Gasteiger partial charge in [-0.05, 0) is 31.4 Å². The summed E-state index contributed by atoms with van der Waals surface area (Å²) in [6, 6.07) is 4.18. The van der Waals surface area contributed by atoms with E-state index < -0.39 is 23.6 Å². The first kappa shape index (κ1) is 18.4. The van der Waals surface area contributed by atoms with E-state index >= 15 is 0 Å². The van der Waals surface area contributed by atoms with Gasteiger partial charge >= 0.3 is 5.97 Å². The third kappa shape index (κ3) is 3.31. The Morgan fingerprint density at radius 1 is 1.38 bits per heavy atom. The number of carboxylic acid groups (broad SMARTS) is 1. The van der Waals surface area contributed by atoms with Crippen molar-refractivity contribution in [2.24, 2.45) is 11.8 Å². The van der Waals surface area contributed by atoms with Crippen LogP contribution in [-0.2, 0) is 4.79 Å². The van der Waals surface area contributed by atoms with Gasteiger partial charge in [-0.3, -0.25) is 9.59 Å². The second-order valence-electron chi connectivity index (χ2n) is 6.65. The van der Waals surface area contributed by atoms with Crippen molar-refractivity contribution in [2.45, 2.75) is 20.3 Å². The van der Waals surface area contributed by atoms with Gasteiger partial charge in [0, 0.05) is 13.1 Å². The Balaban J connectivity index is 2.01. The Bertz CT molecular complexity index is 847. The summed E-state index contributed by atoms with van der Waals surface area (Å²) < 4.78 is 19.4. The number of carbonyl (C=O) groups is 2. The van der Waals surface area contributed by atoms with E-state index in [0.29, 0.717) is 13.0 Å². The standard InChI is InChI=1S/C18H18ClFN2O4/c1-9-6-11(18(24)25)8-22(7-9)17(23)14-10(2)26-21-16(14)15-12(19)4-3-5-13(15)20/h3-5,9,11H,6-8H2,1-2H3,(H,24,25). The molecule has 0 spiro atoms. The highest BCUT2D eigenvalue weighted by molar-refractivity contribution is 6.33. The number of rotatable bonds is 3. The van der Waals surface area contributed by atoms with Crippen molar-refractivity contribution < 1.29 is 23.6 Å². The molecule has 1 saturated heterocycles. The van der Waals surface area contributed by atoms with Crippen molar-refractivity contribution in [3.63, 3.8) is 0 Å². The van der Waals surface area contributed by atoms with Gasteiger partial charge in [-0.15, -0.1) is 0 Å². The van der Waals surface area contributed by atoms with Gasteiger partial charge in [0.2, 0.25) is 0 Å². The Labute approximate surface area is 154 Å². The first-order chi connectivity index (χ1) is 12.3. The first-order valence-corrected chi connectivity index (χ1v) is 8.60. The number of nitrogens with zero attached hydrogens (tertiary/aromatic N) is 2. The number of aliphatic carboxylic acids is 1. The van der Waals surface area contributed by atoms with Crippen LogP contribution in [0.15, 0.2) is 22.7 Å². The van der Waals surface area contributed by atoms with E-state index in [2.05, 4.69) is 5.16 Å². The van der Waals surface area contributed by atoms with Crippen LogP contribution in [0, 0.1) is 24.6 Å². The van der Waals surface area contributed by atoms with Crippen molar-refractivity contribution in [3.8, 4) is 11.3 Å². The molecule has 2 atom stereocenters. The number of piperidine rings is 1. The molecule has 0 aliphatic carbocycles. The molecular weight excluding hydrogens is 363 g/mol. The quantitative estimate of drug-likeness (QED) is 0.879. The molecule has 1 amide bonds. The van der Waals surface area contributed by atoms with Crippen LogP contribution in [0.5, 0.6) is 0 Å². The number of aryl methyl sites for hydroxylation is 1. The summed E-state index contributed by atoms with van der Waals surface area (Å²) in [4.78, 5) is 25.9. The van der Waals surface area contributed by atoms with E-state index in [1.54, 1.807) is 6.92 Å². The van der Waals surface area contributed by atoms with Crippen LogP contribution in [0.3, 0.4) is 0 Å². The second kappa shape index (κ2) is 7.07. The summed E-state index contributed by atoms with van der Waals surface area (Å²) in [5.41, 5.74) is 0.130. The minimum atomic E-state index is -0.936. The molecule has 1 aliphatic rings. The number of halogens is 2. The number of amides is 1. The Morgan fingerprint density at radius 2 is 2.12 bits per heavy atom. The second-order valence-corrected chi connectivity index (χ2v) is 7.05. The lowest BCUT2D eigenvalue weighted by atomic mass is 9.90. The zero-order chi connectivity index (χ0) is 19.0. The fourth-order valence-electron chi connectivity index (χ4n) is 3.37. The average molecular weight is 381 g/mol. The molecule has 1 aromatic heterocycles. The lowest BCUT2D eigenvalue weighted by Gasteiger charge is -2.34. The van der Waals surface area contributed by atoms with Crippen molar-refractivity contribution in [1.82, 2.24) is 10.1 Å². The van der Waals surface area contributed by atoms with E-state index in [1.807, 2.05) is 6.92 Å². The highest BCUT2D eigenvalue weighted by atomic mass is 35.5. The van der Waals surface area contributed by atoms with Gasteiger partial charge in [-0.2, -0.15) is 0 Å². The van der Waals surface area contributed by atoms with Crippen LogP contribution in [0.25, 0.3) is 11.3 Å². The van der Waals surface area contributed by atoms with Crippen LogP contribution < -0.4 is 0 Å². The first-order valence-electron chi connectivity index (χ1n) is 8.22. The molecule has 0 bridgehead atoms. The average Bonchev–Trinajstić information content (AvgIpc) is 2.94. The third-order valence-electron chi connectivity index (χ3n) is 4.57. The lowest BCUT2D eigenvalue weighted by molar-refractivity contribution is -0.143. The molecular formula is C18H18ClFN2O4. The predicted molar refractivity (Wildman–Crippen MR) is 92.5 cm³/mol. The van der Waals surface area contributed by atoms with Gasteiger partial charge in [-0.1, -0.05) is 29.7 Å². The molecule has 1 N–H and O–H groups in total. The molecule has 1 aliphatic heterocycles. The minimum absolute atomic E-state index is 0.00536. The van der Waals surface area contributed by atoms with Gasteiger partial charge in [-0.25, -0.2) is 4.39 Å². The lowest BCUT2D eigenvalue weighted by Crippen LogP contribution is -2.45. The van der Waals surface area contributed by atoms with Crippen LogP contribution in [0.1, 0.15) is 29.5 Å². The van der Waals surface area contributed by atoms with Gasteiger partial charge < -0.3 is 14.5 Å². The number of likely N-dealkylation sites (tertiary alicyclic amines) is 1. The monoisotopic (exact) mass is 380 g/mol. The molecule has 6 nitrogen and oxygen atoms in total. The number of hydrogen-bond donors (Lipinski definition) is 1. The van der Waals surface area contributed by atoms with Crippen LogP contribution in [0.4, 0.5) is 4.39 Å². The summed E-state index contributed by atoms with van der Waals surface area (Å²) in [7, 11) is 0. The molecule has 2 aromatic rings. The molecule has 0 saturated carbocycles. The van der Waals surface area contributed by atoms with Crippen LogP contribution in [-0.4, -0.2) is 40.1 Å². The van der Waals surface area contributed by atoms with E-state index in [1.165, 1.54) is 23.1 Å². The molecule has 3 rings (SSSR count). The molecule has 138 valence electrons. The van der Waals surface area contributed by atoms with E-state index in [0.717, 1.165) is 0 Å². The molecule has 8 heteroatoms. The highest BCUT2D eigenvalue weighted by Crippen LogP contribution is 2.35. The zero-order valence-electron chi connectivity index (χ0n) is 14.3. The van der Waals surface area contributed by atoms with E-state index in [-0.39, 0.29) is 40.1 Å². The number of carboxylic acids is 1. The number of carbonyl (C=O) groups excluding carboxylic acids is 1. The largest absolute Gasteiger partial charge is 0.481 e. The van der Waals surface area contributed by atoms with Crippen LogP contribution in [0.2, 0.25) is 5.02 Å². The number of hydrogen-bond acceptors (Lipinski definition) is 4. The highest BCUT2D eigenvalue weighted by Gasteiger charge is 2.35. The maximum Gasteiger partial charge on any atom is 0.308 e. The predicted octanol–water partition coefficient (Wildman–Crippen LogP) is 3.63. The zero-order valence-corrected chi connectivity index (χ0v) is 15.1. The Kier molecular flexibility index (Phi) is 5.00. The van der Waals surface area contributed by atoms with Crippen molar-refractivity contribution in [3.05, 3.63) is 40.4 Å². The van der Waals surface area contributed by atoms with Crippen molar-refractivity contribution in [2.75, 3.05) is 13.1 Å². The van der Waals surface area contributed by atoms with Gasteiger partial charge in [0.15, 0.2) is 0 Å². The topological polar surface area (TPSA) is 83.6 Å². The molecule has 2 unspecified atom stereocenters. The molecule has 1 aromatic carbocycles.